The zero-order chi connectivity index (χ0) is 26.9. The fourth-order valence-electron chi connectivity index (χ4n) is 8.84. The third kappa shape index (κ3) is 3.74. The standard InChI is InChI=1S/C31H43NO4/c1-19-15-27(3,4)10-12-31(19,26(35)36)13-11-28(5)17-22(33)14-24-29(6)16-21(18-32)25(34)20(2)23(29)8-9-30(24,28)7/h14,16,19-20,23H,8-13,15,17H2,1-7H3,(H,35,36)/t19?,20-,23-,28+,29-,30+,31-/m0/s1. The number of nitriles is 1. The largest absolute Gasteiger partial charge is 0.481 e. The first-order chi connectivity index (χ1) is 16.6. The Hall–Kier alpha value is -2.22. The molecule has 5 nitrogen and oxygen atoms in total. The summed E-state index contributed by atoms with van der Waals surface area (Å²) in [6, 6.07) is 2.11. The van der Waals surface area contributed by atoms with Crippen LogP contribution in [0, 0.1) is 56.2 Å². The molecular weight excluding hydrogens is 450 g/mol. The number of fused-ring (bicyclic) bond motifs is 3. The lowest BCUT2D eigenvalue weighted by Crippen LogP contribution is -2.55. The van der Waals surface area contributed by atoms with Crippen LogP contribution in [0.3, 0.4) is 0 Å². The molecule has 4 aliphatic carbocycles. The third-order valence-electron chi connectivity index (χ3n) is 11.5. The lowest BCUT2D eigenvalue weighted by molar-refractivity contribution is -0.159. The van der Waals surface area contributed by atoms with Crippen LogP contribution in [0.1, 0.15) is 99.8 Å². The Labute approximate surface area is 216 Å². The van der Waals surface area contributed by atoms with E-state index in [1.54, 1.807) is 6.08 Å². The van der Waals surface area contributed by atoms with Crippen molar-refractivity contribution >= 4 is 17.5 Å². The summed E-state index contributed by atoms with van der Waals surface area (Å²) in [7, 11) is 0. The van der Waals surface area contributed by atoms with Crippen LogP contribution >= 0.6 is 0 Å². The zero-order valence-electron chi connectivity index (χ0n) is 23.2. The van der Waals surface area contributed by atoms with Crippen molar-refractivity contribution in [1.82, 2.24) is 0 Å². The van der Waals surface area contributed by atoms with Crippen LogP contribution in [0.2, 0.25) is 0 Å². The number of rotatable bonds is 4. The maximum absolute atomic E-state index is 13.3. The molecule has 0 heterocycles. The van der Waals surface area contributed by atoms with Crippen molar-refractivity contribution in [3.8, 4) is 6.07 Å². The number of carbonyl (C=O) groups is 3. The number of allylic oxidation sites excluding steroid dienone is 4. The van der Waals surface area contributed by atoms with Crippen LogP contribution in [-0.4, -0.2) is 22.6 Å². The first kappa shape index (κ1) is 26.8. The van der Waals surface area contributed by atoms with E-state index in [1.165, 1.54) is 0 Å². The Morgan fingerprint density at radius 1 is 1.08 bits per heavy atom. The molecule has 0 aliphatic heterocycles. The van der Waals surface area contributed by atoms with E-state index in [0.29, 0.717) is 25.7 Å². The van der Waals surface area contributed by atoms with Crippen molar-refractivity contribution in [1.29, 1.82) is 5.26 Å². The highest BCUT2D eigenvalue weighted by molar-refractivity contribution is 6.02. The molecule has 0 aromatic heterocycles. The summed E-state index contributed by atoms with van der Waals surface area (Å²) in [6.07, 6.45) is 9.48. The van der Waals surface area contributed by atoms with E-state index in [9.17, 15) is 24.8 Å². The minimum Gasteiger partial charge on any atom is -0.481 e. The van der Waals surface area contributed by atoms with Gasteiger partial charge in [-0.05, 0) is 79.1 Å². The van der Waals surface area contributed by atoms with E-state index < -0.39 is 16.8 Å². The van der Waals surface area contributed by atoms with Gasteiger partial charge in [-0.3, -0.25) is 14.4 Å². The summed E-state index contributed by atoms with van der Waals surface area (Å²) >= 11 is 0. The van der Waals surface area contributed by atoms with Crippen LogP contribution in [0.5, 0.6) is 0 Å². The summed E-state index contributed by atoms with van der Waals surface area (Å²) in [4.78, 5) is 38.8. The minimum atomic E-state index is -0.764. The fourth-order valence-corrected chi connectivity index (χ4v) is 8.84. The fraction of sp³-hybridized carbons (Fsp3) is 0.742. The Morgan fingerprint density at radius 3 is 2.33 bits per heavy atom. The summed E-state index contributed by atoms with van der Waals surface area (Å²) in [5, 5.41) is 20.1. The summed E-state index contributed by atoms with van der Waals surface area (Å²) < 4.78 is 0. The minimum absolute atomic E-state index is 0.0579. The molecule has 0 radical (unpaired) electrons. The second-order valence-corrected chi connectivity index (χ2v) is 14.1. The Kier molecular flexibility index (Phi) is 6.26. The van der Waals surface area contributed by atoms with Gasteiger partial charge >= 0.3 is 5.97 Å². The molecule has 4 rings (SSSR count). The van der Waals surface area contributed by atoms with Crippen molar-refractivity contribution in [3.05, 3.63) is 23.3 Å². The SMILES string of the molecule is CC1CC(C)(C)CC[C@@]1(CC[C@]1(C)CC(=O)C=C2[C@@]3(C)C=C(C#N)C(=O)[C@@H](C)[C@@H]3CC[C@]21C)C(=O)O. The number of carbonyl (C=O) groups excluding carboxylic acids is 2. The number of carboxylic acids is 1. The smallest absolute Gasteiger partial charge is 0.309 e. The van der Waals surface area contributed by atoms with Crippen molar-refractivity contribution in [2.75, 3.05) is 0 Å². The predicted octanol–water partition coefficient (Wildman–Crippen LogP) is 6.68. The molecule has 196 valence electrons. The van der Waals surface area contributed by atoms with Gasteiger partial charge in [0.1, 0.15) is 6.07 Å². The average Bonchev–Trinajstić information content (AvgIpc) is 2.77. The molecule has 0 spiro atoms. The van der Waals surface area contributed by atoms with Crippen LogP contribution in [0.15, 0.2) is 23.3 Å². The van der Waals surface area contributed by atoms with Crippen molar-refractivity contribution in [2.24, 2.45) is 44.8 Å². The molecule has 0 amide bonds. The molecule has 0 saturated heterocycles. The molecular formula is C31H43NO4. The summed E-state index contributed by atoms with van der Waals surface area (Å²) in [6.45, 7) is 15.0. The first-order valence-corrected chi connectivity index (χ1v) is 13.7. The lowest BCUT2D eigenvalue weighted by atomic mass is 9.41. The molecule has 36 heavy (non-hydrogen) atoms. The van der Waals surface area contributed by atoms with E-state index >= 15 is 0 Å². The van der Waals surface area contributed by atoms with Gasteiger partial charge in [-0.1, -0.05) is 60.1 Å². The van der Waals surface area contributed by atoms with Gasteiger partial charge in [-0.25, -0.2) is 0 Å². The van der Waals surface area contributed by atoms with E-state index in [4.69, 9.17) is 0 Å². The number of carboxylic acid groups (broad SMARTS) is 1. The second-order valence-electron chi connectivity index (χ2n) is 14.1. The van der Waals surface area contributed by atoms with Gasteiger partial charge in [0.05, 0.1) is 11.0 Å². The monoisotopic (exact) mass is 493 g/mol. The van der Waals surface area contributed by atoms with Crippen LogP contribution in [0.25, 0.3) is 0 Å². The number of nitrogens with zero attached hydrogens (tertiary/aromatic N) is 1. The second kappa shape index (κ2) is 8.40. The summed E-state index contributed by atoms with van der Waals surface area (Å²) in [5.41, 5.74) is -0.593. The molecule has 5 heteroatoms. The molecule has 0 bridgehead atoms. The van der Waals surface area contributed by atoms with Gasteiger partial charge in [0.25, 0.3) is 0 Å². The highest BCUT2D eigenvalue weighted by atomic mass is 16.4. The highest BCUT2D eigenvalue weighted by Crippen LogP contribution is 2.68. The van der Waals surface area contributed by atoms with E-state index in [0.717, 1.165) is 31.3 Å². The van der Waals surface area contributed by atoms with Crippen LogP contribution < -0.4 is 0 Å². The van der Waals surface area contributed by atoms with Gasteiger partial charge in [0.15, 0.2) is 11.6 Å². The molecule has 4 aliphatic rings. The average molecular weight is 494 g/mol. The van der Waals surface area contributed by atoms with Crippen LogP contribution in [0.4, 0.5) is 0 Å². The van der Waals surface area contributed by atoms with Gasteiger partial charge in [0, 0.05) is 17.8 Å². The maximum Gasteiger partial charge on any atom is 0.309 e. The van der Waals surface area contributed by atoms with E-state index in [-0.39, 0.29) is 51.1 Å². The Bertz CT molecular complexity index is 1110. The van der Waals surface area contributed by atoms with Gasteiger partial charge < -0.3 is 5.11 Å². The van der Waals surface area contributed by atoms with Crippen molar-refractivity contribution < 1.29 is 19.5 Å². The topological polar surface area (TPSA) is 95.2 Å². The van der Waals surface area contributed by atoms with Crippen molar-refractivity contribution in [2.45, 2.75) is 99.8 Å². The molecule has 1 N–H and O–H groups in total. The lowest BCUT2D eigenvalue weighted by Gasteiger charge is -2.61. The molecule has 0 aromatic rings. The Balaban J connectivity index is 1.72. The van der Waals surface area contributed by atoms with E-state index in [2.05, 4.69) is 47.6 Å². The molecule has 2 fully saturated rings. The molecule has 2 saturated carbocycles. The predicted molar refractivity (Wildman–Crippen MR) is 139 cm³/mol. The number of Topliss-reactive ketones (excluding diaryl/α,β-unsaturated/α-hetero) is 1. The number of hydrogen-bond acceptors (Lipinski definition) is 4. The normalized spacial score (nSPS) is 44.0. The van der Waals surface area contributed by atoms with Crippen LogP contribution in [-0.2, 0) is 14.4 Å². The first-order valence-electron chi connectivity index (χ1n) is 13.7. The maximum atomic E-state index is 13.3. The quantitative estimate of drug-likeness (QED) is 0.471. The Morgan fingerprint density at radius 2 is 1.75 bits per heavy atom. The van der Waals surface area contributed by atoms with Gasteiger partial charge in [0.2, 0.25) is 0 Å². The molecule has 0 aromatic carbocycles. The van der Waals surface area contributed by atoms with E-state index in [1.807, 2.05) is 13.0 Å². The summed E-state index contributed by atoms with van der Waals surface area (Å²) in [5.74, 6) is -0.845. The third-order valence-corrected chi connectivity index (χ3v) is 11.5. The van der Waals surface area contributed by atoms with Gasteiger partial charge in [-0.15, -0.1) is 0 Å². The molecule has 1 unspecified atom stereocenters. The van der Waals surface area contributed by atoms with Gasteiger partial charge in [-0.2, -0.15) is 5.26 Å². The highest BCUT2D eigenvalue weighted by Gasteiger charge is 2.61. The number of hydrogen-bond donors (Lipinski definition) is 1. The number of aliphatic carboxylic acids is 1. The zero-order valence-corrected chi connectivity index (χ0v) is 23.2. The van der Waals surface area contributed by atoms with Crippen molar-refractivity contribution in [3.63, 3.8) is 0 Å². The number of ketones is 2. The molecule has 7 atom stereocenters.